The Morgan fingerprint density at radius 1 is 1.35 bits per heavy atom. The summed E-state index contributed by atoms with van der Waals surface area (Å²) in [5.74, 6) is 0.0852. The van der Waals surface area contributed by atoms with Crippen molar-refractivity contribution in [3.63, 3.8) is 0 Å². The van der Waals surface area contributed by atoms with Gasteiger partial charge in [0.05, 0.1) is 5.56 Å². The van der Waals surface area contributed by atoms with Crippen molar-refractivity contribution in [3.05, 3.63) is 45.8 Å². The number of rotatable bonds is 2. The fraction of sp³-hybridized carbons (Fsp3) is 0.167. The fourth-order valence-corrected chi connectivity index (χ4v) is 2.13. The van der Waals surface area contributed by atoms with Crippen LogP contribution in [0.15, 0.2) is 28.9 Å². The van der Waals surface area contributed by atoms with Crippen LogP contribution in [0.4, 0.5) is 0 Å². The molecule has 0 bridgehead atoms. The zero-order valence-corrected chi connectivity index (χ0v) is 11.2. The number of hydrogen-bond donors (Lipinski definition) is 1. The highest BCUT2D eigenvalue weighted by molar-refractivity contribution is 9.10. The molecule has 0 saturated heterocycles. The van der Waals surface area contributed by atoms with E-state index in [2.05, 4.69) is 20.9 Å². The summed E-state index contributed by atoms with van der Waals surface area (Å²) in [4.78, 5) is 15.7. The average Bonchev–Trinajstić information content (AvgIpc) is 2.59. The molecule has 2 N–H and O–H groups in total. The third-order valence-electron chi connectivity index (χ3n) is 2.58. The Bertz CT molecular complexity index is 570. The van der Waals surface area contributed by atoms with Crippen LogP contribution in [-0.4, -0.2) is 15.5 Å². The summed E-state index contributed by atoms with van der Waals surface area (Å²) >= 11 is 3.29. The summed E-state index contributed by atoms with van der Waals surface area (Å²) in [5, 5.41) is 0. The molecule has 0 aliphatic heterocycles. The first kappa shape index (κ1) is 11.9. The van der Waals surface area contributed by atoms with Crippen molar-refractivity contribution in [2.45, 2.75) is 13.8 Å². The Labute approximate surface area is 108 Å². The van der Waals surface area contributed by atoms with Crippen LogP contribution in [0, 0.1) is 13.8 Å². The first-order chi connectivity index (χ1) is 8.00. The lowest BCUT2D eigenvalue weighted by Gasteiger charge is -2.11. The SMILES string of the molecule is Cc1ccc(C)n1-c1ncc(Br)cc1C(N)=O. The van der Waals surface area contributed by atoms with Crippen molar-refractivity contribution in [1.82, 2.24) is 9.55 Å². The van der Waals surface area contributed by atoms with Crippen LogP contribution >= 0.6 is 15.9 Å². The molecule has 2 aromatic rings. The van der Waals surface area contributed by atoms with Gasteiger partial charge in [-0.15, -0.1) is 0 Å². The van der Waals surface area contributed by atoms with Gasteiger partial charge in [-0.05, 0) is 48.0 Å². The van der Waals surface area contributed by atoms with Crippen LogP contribution in [0.25, 0.3) is 5.82 Å². The van der Waals surface area contributed by atoms with E-state index >= 15 is 0 Å². The lowest BCUT2D eigenvalue weighted by atomic mass is 10.2. The lowest BCUT2D eigenvalue weighted by Crippen LogP contribution is -2.16. The van der Waals surface area contributed by atoms with Gasteiger partial charge >= 0.3 is 0 Å². The Morgan fingerprint density at radius 2 is 1.94 bits per heavy atom. The van der Waals surface area contributed by atoms with Gasteiger partial charge in [0.1, 0.15) is 5.82 Å². The van der Waals surface area contributed by atoms with Crippen molar-refractivity contribution in [2.24, 2.45) is 5.73 Å². The zero-order chi connectivity index (χ0) is 12.6. The van der Waals surface area contributed by atoms with E-state index in [1.165, 1.54) is 0 Å². The molecular weight excluding hydrogens is 282 g/mol. The van der Waals surface area contributed by atoms with Gasteiger partial charge in [-0.2, -0.15) is 0 Å². The average molecular weight is 294 g/mol. The Balaban J connectivity index is 2.71. The maximum absolute atomic E-state index is 11.4. The van der Waals surface area contributed by atoms with Crippen LogP contribution in [0.5, 0.6) is 0 Å². The predicted molar refractivity (Wildman–Crippen MR) is 69.3 cm³/mol. The molecule has 2 heterocycles. The number of carbonyl (C=O) groups is 1. The highest BCUT2D eigenvalue weighted by Gasteiger charge is 2.14. The maximum Gasteiger partial charge on any atom is 0.252 e. The predicted octanol–water partition coefficient (Wildman–Crippen LogP) is 2.35. The van der Waals surface area contributed by atoms with E-state index in [1.807, 2.05) is 30.5 Å². The third-order valence-corrected chi connectivity index (χ3v) is 3.02. The number of primary amides is 1. The van der Waals surface area contributed by atoms with Gasteiger partial charge in [0.25, 0.3) is 5.91 Å². The zero-order valence-electron chi connectivity index (χ0n) is 9.57. The van der Waals surface area contributed by atoms with Crippen LogP contribution in [0.1, 0.15) is 21.7 Å². The molecular formula is C12H12BrN3O. The number of halogens is 1. The van der Waals surface area contributed by atoms with Crippen molar-refractivity contribution in [2.75, 3.05) is 0 Å². The molecule has 2 aromatic heterocycles. The van der Waals surface area contributed by atoms with Gasteiger partial charge in [0, 0.05) is 22.1 Å². The third kappa shape index (κ3) is 2.10. The van der Waals surface area contributed by atoms with E-state index < -0.39 is 5.91 Å². The van der Waals surface area contributed by atoms with Gasteiger partial charge in [0.2, 0.25) is 0 Å². The van der Waals surface area contributed by atoms with Gasteiger partial charge < -0.3 is 10.3 Å². The van der Waals surface area contributed by atoms with E-state index in [9.17, 15) is 4.79 Å². The molecule has 0 saturated carbocycles. The Kier molecular flexibility index (Phi) is 3.02. The molecule has 0 spiro atoms. The molecule has 0 atom stereocenters. The van der Waals surface area contributed by atoms with E-state index in [0.29, 0.717) is 11.4 Å². The monoisotopic (exact) mass is 293 g/mol. The molecule has 2 rings (SSSR count). The number of carbonyl (C=O) groups excluding carboxylic acids is 1. The first-order valence-electron chi connectivity index (χ1n) is 5.11. The van der Waals surface area contributed by atoms with E-state index in [0.717, 1.165) is 15.9 Å². The molecule has 5 heteroatoms. The normalized spacial score (nSPS) is 10.5. The number of pyridine rings is 1. The Hall–Kier alpha value is -1.62. The number of hydrogen-bond acceptors (Lipinski definition) is 2. The van der Waals surface area contributed by atoms with Gasteiger partial charge in [-0.3, -0.25) is 4.79 Å². The van der Waals surface area contributed by atoms with Crippen LogP contribution in [0.3, 0.4) is 0 Å². The summed E-state index contributed by atoms with van der Waals surface area (Å²) in [6.45, 7) is 3.92. The number of amides is 1. The lowest BCUT2D eigenvalue weighted by molar-refractivity contribution is 0.1000. The fourth-order valence-electron chi connectivity index (χ4n) is 1.79. The largest absolute Gasteiger partial charge is 0.365 e. The highest BCUT2D eigenvalue weighted by Crippen LogP contribution is 2.20. The molecule has 1 amide bonds. The second-order valence-corrected chi connectivity index (χ2v) is 4.76. The molecule has 88 valence electrons. The number of nitrogens with zero attached hydrogens (tertiary/aromatic N) is 2. The highest BCUT2D eigenvalue weighted by atomic mass is 79.9. The van der Waals surface area contributed by atoms with Gasteiger partial charge in [0.15, 0.2) is 0 Å². The number of aromatic nitrogens is 2. The van der Waals surface area contributed by atoms with E-state index in [4.69, 9.17) is 5.73 Å². The smallest absolute Gasteiger partial charge is 0.252 e. The van der Waals surface area contributed by atoms with Gasteiger partial charge in [-0.25, -0.2) is 4.98 Å². The minimum Gasteiger partial charge on any atom is -0.365 e. The van der Waals surface area contributed by atoms with Gasteiger partial charge in [-0.1, -0.05) is 0 Å². The Morgan fingerprint density at radius 3 is 2.47 bits per heavy atom. The number of aryl methyl sites for hydroxylation is 2. The second-order valence-electron chi connectivity index (χ2n) is 3.84. The van der Waals surface area contributed by atoms with Crippen molar-refractivity contribution in [1.29, 1.82) is 0 Å². The summed E-state index contributed by atoms with van der Waals surface area (Å²) in [7, 11) is 0. The number of nitrogens with two attached hydrogens (primary N) is 1. The minimum atomic E-state index is -0.485. The molecule has 0 aliphatic carbocycles. The molecule has 17 heavy (non-hydrogen) atoms. The standard InChI is InChI=1S/C12H12BrN3O/c1-7-3-4-8(2)16(7)12-10(11(14)17)5-9(13)6-15-12/h3-6H,1-2H3,(H2,14,17). The van der Waals surface area contributed by atoms with Crippen molar-refractivity contribution >= 4 is 21.8 Å². The van der Waals surface area contributed by atoms with E-state index in [1.54, 1.807) is 12.3 Å². The summed E-state index contributed by atoms with van der Waals surface area (Å²) in [6, 6.07) is 5.64. The van der Waals surface area contributed by atoms with Crippen LogP contribution < -0.4 is 5.73 Å². The van der Waals surface area contributed by atoms with E-state index in [-0.39, 0.29) is 0 Å². The quantitative estimate of drug-likeness (QED) is 0.924. The topological polar surface area (TPSA) is 60.9 Å². The molecule has 0 fully saturated rings. The summed E-state index contributed by atoms with van der Waals surface area (Å²) in [6.07, 6.45) is 1.65. The van der Waals surface area contributed by atoms with Crippen molar-refractivity contribution < 1.29 is 4.79 Å². The molecule has 0 radical (unpaired) electrons. The van der Waals surface area contributed by atoms with Crippen LogP contribution in [-0.2, 0) is 0 Å². The minimum absolute atomic E-state index is 0.404. The van der Waals surface area contributed by atoms with Crippen molar-refractivity contribution in [3.8, 4) is 5.82 Å². The van der Waals surface area contributed by atoms with Crippen LogP contribution in [0.2, 0.25) is 0 Å². The molecule has 0 aliphatic rings. The summed E-state index contributed by atoms with van der Waals surface area (Å²) < 4.78 is 2.64. The second kappa shape index (κ2) is 4.33. The molecule has 4 nitrogen and oxygen atoms in total. The first-order valence-corrected chi connectivity index (χ1v) is 5.90. The summed E-state index contributed by atoms with van der Waals surface area (Å²) in [5.41, 5.74) is 7.81. The maximum atomic E-state index is 11.4. The molecule has 0 unspecified atom stereocenters. The molecule has 0 aromatic carbocycles.